The van der Waals surface area contributed by atoms with Crippen molar-refractivity contribution >= 4 is 13.5 Å². The Balaban J connectivity index is 4.01. The van der Waals surface area contributed by atoms with Gasteiger partial charge in [-0.1, -0.05) is 0 Å². The van der Waals surface area contributed by atoms with Crippen LogP contribution in [0.4, 0.5) is 8.78 Å². The third kappa shape index (κ3) is 3.67. The van der Waals surface area contributed by atoms with Gasteiger partial charge in [-0.05, 0) is 0 Å². The number of hydrogen-bond acceptors (Lipinski definition) is 4. The minimum atomic E-state index is -4.35. The van der Waals surface area contributed by atoms with Crippen LogP contribution in [0.5, 0.6) is 0 Å². The highest BCUT2D eigenvalue weighted by molar-refractivity contribution is 7.65. The van der Waals surface area contributed by atoms with Crippen molar-refractivity contribution in [3.05, 3.63) is 0 Å². The number of rotatable bonds is 4. The highest BCUT2D eigenvalue weighted by Crippen LogP contribution is 2.55. The van der Waals surface area contributed by atoms with E-state index >= 15 is 0 Å². The van der Waals surface area contributed by atoms with Crippen molar-refractivity contribution in [3.63, 3.8) is 0 Å². The number of hydrogen-bond donors (Lipinski definition) is 3. The van der Waals surface area contributed by atoms with Crippen LogP contribution in [0.2, 0.25) is 0 Å². The monoisotopic (exact) mass is 188 g/mol. The molecule has 66 valence electrons. The second kappa shape index (κ2) is 4.01. The van der Waals surface area contributed by atoms with E-state index in [1.807, 2.05) is 0 Å². The van der Waals surface area contributed by atoms with E-state index in [4.69, 9.17) is 15.5 Å². The predicted octanol–water partition coefficient (Wildman–Crippen LogP) is -0.431. The molecular formula is C4H9F2NO3P+. The van der Waals surface area contributed by atoms with E-state index in [-0.39, 0.29) is 0 Å². The molecule has 0 bridgehead atoms. The van der Waals surface area contributed by atoms with E-state index in [0.717, 1.165) is 0 Å². The van der Waals surface area contributed by atoms with Crippen LogP contribution in [0, 0.1) is 0 Å². The van der Waals surface area contributed by atoms with Gasteiger partial charge in [-0.2, -0.15) is 8.78 Å². The van der Waals surface area contributed by atoms with Crippen molar-refractivity contribution in [3.8, 4) is 0 Å². The van der Waals surface area contributed by atoms with Gasteiger partial charge < -0.3 is 5.73 Å². The first-order valence-electron chi connectivity index (χ1n) is 2.73. The fourth-order valence-electron chi connectivity index (χ4n) is 0.393. The predicted molar refractivity (Wildman–Crippen MR) is 36.3 cm³/mol. The van der Waals surface area contributed by atoms with Crippen LogP contribution >= 0.6 is 7.72 Å². The van der Waals surface area contributed by atoms with Gasteiger partial charge in [0.2, 0.25) is 0 Å². The van der Waals surface area contributed by atoms with E-state index < -0.39 is 32.4 Å². The molecule has 0 heterocycles. The molecular weight excluding hydrogens is 179 g/mol. The molecule has 0 aliphatic rings. The van der Waals surface area contributed by atoms with Crippen molar-refractivity contribution in [2.45, 2.75) is 6.17 Å². The van der Waals surface area contributed by atoms with Gasteiger partial charge in [0, 0.05) is 0 Å². The van der Waals surface area contributed by atoms with Gasteiger partial charge in [0.1, 0.15) is 0 Å². The van der Waals surface area contributed by atoms with Crippen molar-refractivity contribution < 1.29 is 23.4 Å². The molecule has 0 aromatic carbocycles. The molecule has 0 aliphatic carbocycles. The molecule has 4 N–H and O–H groups in total. The molecule has 0 fully saturated rings. The fourth-order valence-corrected chi connectivity index (χ4v) is 1.18. The molecule has 0 unspecified atom stereocenters. The average molecular weight is 188 g/mol. The summed E-state index contributed by atoms with van der Waals surface area (Å²) >= 11 is 0. The highest BCUT2D eigenvalue weighted by atomic mass is 31.2. The number of Topliss-reactive ketones (excluding diaryl/α,β-unsaturated/α-hetero) is 1. The first kappa shape index (κ1) is 10.8. The summed E-state index contributed by atoms with van der Waals surface area (Å²) < 4.78 is 23.3. The van der Waals surface area contributed by atoms with Gasteiger partial charge in [0.05, 0.1) is 6.54 Å². The first-order chi connectivity index (χ1) is 4.90. The quantitative estimate of drug-likeness (QED) is 0.522. The summed E-state index contributed by atoms with van der Waals surface area (Å²) in [5, 5.41) is 0. The third-order valence-corrected chi connectivity index (χ3v) is 2.39. The summed E-state index contributed by atoms with van der Waals surface area (Å²) in [6.07, 6.45) is -4.18. The maximum atomic E-state index is 11.7. The molecule has 0 amide bonds. The first-order valence-corrected chi connectivity index (χ1v) is 4.68. The Labute approximate surface area is 62.5 Å². The van der Waals surface area contributed by atoms with Crippen molar-refractivity contribution in [2.75, 3.05) is 12.7 Å². The molecule has 0 atom stereocenters. The number of halogens is 2. The van der Waals surface area contributed by atoms with Crippen LogP contribution in [0.1, 0.15) is 0 Å². The van der Waals surface area contributed by atoms with Gasteiger partial charge in [0.15, 0.2) is 11.9 Å². The zero-order valence-electron chi connectivity index (χ0n) is 5.57. The molecule has 4 nitrogen and oxygen atoms in total. The van der Waals surface area contributed by atoms with Crippen molar-refractivity contribution in [2.24, 2.45) is 5.73 Å². The van der Waals surface area contributed by atoms with E-state index in [2.05, 4.69) is 0 Å². The largest absolute Gasteiger partial charge is 0.397 e. The van der Waals surface area contributed by atoms with Gasteiger partial charge in [-0.15, -0.1) is 0 Å². The molecule has 0 aromatic rings. The second-order valence-corrected chi connectivity index (χ2v) is 4.24. The lowest BCUT2D eigenvalue weighted by Gasteiger charge is -2.08. The highest BCUT2D eigenvalue weighted by Gasteiger charge is 2.47. The van der Waals surface area contributed by atoms with Crippen LogP contribution in [0.25, 0.3) is 0 Å². The Bertz CT molecular complexity index is 152. The van der Waals surface area contributed by atoms with Gasteiger partial charge in [-0.3, -0.25) is 4.79 Å². The van der Waals surface area contributed by atoms with Crippen LogP contribution in [-0.4, -0.2) is 34.4 Å². The summed E-state index contributed by atoms with van der Waals surface area (Å²) in [7, 11) is -4.35. The summed E-state index contributed by atoms with van der Waals surface area (Å²) in [4.78, 5) is 27.4. The van der Waals surface area contributed by atoms with Gasteiger partial charge >= 0.3 is 13.9 Å². The number of ketones is 1. The Morgan fingerprint density at radius 1 is 1.55 bits per heavy atom. The summed E-state index contributed by atoms with van der Waals surface area (Å²) in [6.45, 7) is -0.449. The normalized spacial score (nSPS) is 12.2. The average Bonchev–Trinajstić information content (AvgIpc) is 1.86. The summed E-state index contributed by atoms with van der Waals surface area (Å²) in [5.41, 5.74) is 4.78. The van der Waals surface area contributed by atoms with E-state index in [1.54, 1.807) is 0 Å². The SMILES string of the molecule is NCC(=O)C[P+](O)(O)C(F)F. The molecule has 0 spiro atoms. The van der Waals surface area contributed by atoms with E-state index in [1.165, 1.54) is 0 Å². The van der Waals surface area contributed by atoms with Crippen LogP contribution in [-0.2, 0) is 4.79 Å². The van der Waals surface area contributed by atoms with Gasteiger partial charge in [0.25, 0.3) is 0 Å². The topological polar surface area (TPSA) is 83.6 Å². The van der Waals surface area contributed by atoms with E-state index in [9.17, 15) is 13.6 Å². The molecule has 11 heavy (non-hydrogen) atoms. The molecule has 0 saturated carbocycles. The Morgan fingerprint density at radius 3 is 2.27 bits per heavy atom. The van der Waals surface area contributed by atoms with Gasteiger partial charge in [-0.25, -0.2) is 9.79 Å². The molecule has 0 rings (SSSR count). The zero-order valence-corrected chi connectivity index (χ0v) is 6.47. The second-order valence-electron chi connectivity index (χ2n) is 1.96. The molecule has 0 saturated heterocycles. The summed E-state index contributed by atoms with van der Waals surface area (Å²) in [6, 6.07) is 0. The zero-order chi connectivity index (χ0) is 9.07. The maximum absolute atomic E-state index is 11.7. The molecule has 7 heteroatoms. The lowest BCUT2D eigenvalue weighted by Crippen LogP contribution is -2.21. The molecule has 0 radical (unpaired) electrons. The fraction of sp³-hybridized carbons (Fsp3) is 0.750. The van der Waals surface area contributed by atoms with Crippen LogP contribution in [0.15, 0.2) is 0 Å². The molecule has 0 aromatic heterocycles. The number of alkyl halides is 2. The van der Waals surface area contributed by atoms with E-state index in [0.29, 0.717) is 0 Å². The molecule has 0 aliphatic heterocycles. The minimum absolute atomic E-state index is 0.449. The van der Waals surface area contributed by atoms with Crippen molar-refractivity contribution in [1.82, 2.24) is 0 Å². The Hall–Kier alpha value is -0.160. The van der Waals surface area contributed by atoms with Crippen LogP contribution in [0.3, 0.4) is 0 Å². The number of carbonyl (C=O) groups is 1. The number of carbonyl (C=O) groups excluding carboxylic acids is 1. The van der Waals surface area contributed by atoms with Crippen LogP contribution < -0.4 is 5.73 Å². The smallest absolute Gasteiger partial charge is 0.324 e. The standard InChI is InChI=1S/C4H9F2NO3P/c5-4(6)11(9,10)2-3(8)1-7/h4,9-10H,1-2,7H2/q+1. The Kier molecular flexibility index (Phi) is 3.96. The maximum Gasteiger partial charge on any atom is 0.397 e. The van der Waals surface area contributed by atoms with Crippen molar-refractivity contribution in [1.29, 1.82) is 0 Å². The lowest BCUT2D eigenvalue weighted by molar-refractivity contribution is -0.115. The third-order valence-electron chi connectivity index (χ3n) is 0.949. The summed E-state index contributed by atoms with van der Waals surface area (Å²) in [5.74, 6) is -0.774. The minimum Gasteiger partial charge on any atom is -0.324 e. The number of nitrogens with two attached hydrogens (primary N) is 1. The lowest BCUT2D eigenvalue weighted by atomic mass is 10.5. The Morgan fingerprint density at radius 2 is 2.00 bits per heavy atom.